The van der Waals surface area contributed by atoms with Crippen LogP contribution < -0.4 is 0 Å². The maximum absolute atomic E-state index is 12.9. The molecule has 0 saturated carbocycles. The Labute approximate surface area is 180 Å². The summed E-state index contributed by atoms with van der Waals surface area (Å²) in [5.41, 5.74) is 0.955. The average molecular weight is 414 g/mol. The van der Waals surface area contributed by atoms with Crippen molar-refractivity contribution in [2.24, 2.45) is 0 Å². The summed E-state index contributed by atoms with van der Waals surface area (Å²) >= 11 is 0. The van der Waals surface area contributed by atoms with E-state index in [2.05, 4.69) is 0 Å². The maximum Gasteiger partial charge on any atom is 0.410 e. The summed E-state index contributed by atoms with van der Waals surface area (Å²) in [5, 5.41) is 0. The number of Topliss-reactive ketones (excluding diaryl/α,β-unsaturated/α-hetero) is 1. The van der Waals surface area contributed by atoms with Gasteiger partial charge in [0, 0.05) is 18.9 Å². The summed E-state index contributed by atoms with van der Waals surface area (Å²) in [6.07, 6.45) is 10.7. The zero-order valence-corrected chi connectivity index (χ0v) is 18.3. The van der Waals surface area contributed by atoms with Crippen LogP contribution in [0.3, 0.4) is 0 Å². The van der Waals surface area contributed by atoms with Gasteiger partial charge in [-0.25, -0.2) is 4.79 Å². The molecule has 1 heterocycles. The lowest BCUT2D eigenvalue weighted by molar-refractivity contribution is -0.117. The Bertz CT molecular complexity index is 713. The summed E-state index contributed by atoms with van der Waals surface area (Å²) in [4.78, 5) is 37.8. The van der Waals surface area contributed by atoms with Crippen LogP contribution in [0.25, 0.3) is 0 Å². The van der Waals surface area contributed by atoms with Crippen molar-refractivity contribution >= 4 is 17.7 Å². The van der Waals surface area contributed by atoms with E-state index in [9.17, 15) is 14.4 Å². The average Bonchev–Trinajstić information content (AvgIpc) is 3.14. The molecule has 30 heavy (non-hydrogen) atoms. The maximum atomic E-state index is 12.9. The zero-order valence-electron chi connectivity index (χ0n) is 18.3. The van der Waals surface area contributed by atoms with E-state index in [0.717, 1.165) is 50.5 Å². The summed E-state index contributed by atoms with van der Waals surface area (Å²) in [6, 6.07) is 9.66. The van der Waals surface area contributed by atoms with Crippen molar-refractivity contribution in [3.8, 4) is 0 Å². The molecule has 1 saturated heterocycles. The van der Waals surface area contributed by atoms with E-state index in [1.165, 1.54) is 0 Å². The van der Waals surface area contributed by atoms with Gasteiger partial charge in [0.1, 0.15) is 12.4 Å². The van der Waals surface area contributed by atoms with Gasteiger partial charge in [0.05, 0.1) is 6.04 Å². The van der Waals surface area contributed by atoms with Gasteiger partial charge in [0.25, 0.3) is 0 Å². The number of benzene rings is 1. The lowest BCUT2D eigenvalue weighted by atomic mass is 10.0. The lowest BCUT2D eigenvalue weighted by Crippen LogP contribution is -2.40. The van der Waals surface area contributed by atoms with Gasteiger partial charge in [-0.05, 0) is 50.7 Å². The van der Waals surface area contributed by atoms with Crippen LogP contribution >= 0.6 is 0 Å². The molecule has 0 N–H and O–H groups in total. The van der Waals surface area contributed by atoms with Gasteiger partial charge in [0.2, 0.25) is 0 Å². The molecule has 5 nitrogen and oxygen atoms in total. The minimum Gasteiger partial charge on any atom is -0.445 e. The summed E-state index contributed by atoms with van der Waals surface area (Å²) in [5.74, 6) is 0.326. The van der Waals surface area contributed by atoms with Crippen LogP contribution in [0.1, 0.15) is 77.2 Å². The Morgan fingerprint density at radius 2 is 1.83 bits per heavy atom. The van der Waals surface area contributed by atoms with Crippen LogP contribution in [0.2, 0.25) is 0 Å². The predicted octanol–water partition coefficient (Wildman–Crippen LogP) is 5.62. The standard InChI is InChI=1S/C25H35NO4/c1-3-10-24(28)18-17-23-16-15-22(14-9-4-6-11-20(2)27)26(23)25(29)30-19-21-12-7-5-8-13-21/h5,7-8,12-13,17-18,22-23H,3-4,6,9-11,14-16,19H2,1-2H3/b18-17+/t22-,23+/m1/s1. The molecule has 2 rings (SSSR count). The summed E-state index contributed by atoms with van der Waals surface area (Å²) in [7, 11) is 0. The fraction of sp³-hybridized carbons (Fsp3) is 0.560. The Balaban J connectivity index is 1.97. The van der Waals surface area contributed by atoms with Gasteiger partial charge in [0.15, 0.2) is 5.78 Å². The molecule has 2 atom stereocenters. The van der Waals surface area contributed by atoms with E-state index >= 15 is 0 Å². The number of hydrogen-bond donors (Lipinski definition) is 0. The number of amides is 1. The van der Waals surface area contributed by atoms with Crippen molar-refractivity contribution in [1.29, 1.82) is 0 Å². The minimum atomic E-state index is -0.317. The molecule has 1 aliphatic rings. The van der Waals surface area contributed by atoms with E-state index in [1.54, 1.807) is 13.0 Å². The quantitative estimate of drug-likeness (QED) is 0.329. The topological polar surface area (TPSA) is 63.7 Å². The van der Waals surface area contributed by atoms with Crippen LogP contribution in [0.4, 0.5) is 4.79 Å². The minimum absolute atomic E-state index is 0.0998. The number of carbonyl (C=O) groups excluding carboxylic acids is 3. The van der Waals surface area contributed by atoms with Crippen LogP contribution in [-0.2, 0) is 20.9 Å². The van der Waals surface area contributed by atoms with Crippen molar-refractivity contribution in [2.75, 3.05) is 0 Å². The number of carbonyl (C=O) groups is 3. The second-order valence-corrected chi connectivity index (χ2v) is 8.12. The van der Waals surface area contributed by atoms with Crippen molar-refractivity contribution < 1.29 is 19.1 Å². The molecule has 5 heteroatoms. The third-order valence-electron chi connectivity index (χ3n) is 5.53. The second-order valence-electron chi connectivity index (χ2n) is 8.12. The second kappa shape index (κ2) is 13.0. The highest BCUT2D eigenvalue weighted by atomic mass is 16.6. The highest BCUT2D eigenvalue weighted by Crippen LogP contribution is 2.30. The van der Waals surface area contributed by atoms with Crippen LogP contribution in [-0.4, -0.2) is 34.6 Å². The fourth-order valence-corrected chi connectivity index (χ4v) is 3.94. The van der Waals surface area contributed by atoms with Crippen molar-refractivity contribution in [2.45, 2.75) is 90.3 Å². The van der Waals surface area contributed by atoms with Gasteiger partial charge < -0.3 is 9.53 Å². The first-order valence-corrected chi connectivity index (χ1v) is 11.2. The number of nitrogens with zero attached hydrogens (tertiary/aromatic N) is 1. The number of rotatable bonds is 12. The number of hydrogen-bond acceptors (Lipinski definition) is 4. The van der Waals surface area contributed by atoms with Gasteiger partial charge in [-0.2, -0.15) is 0 Å². The number of unbranched alkanes of at least 4 members (excludes halogenated alkanes) is 2. The highest BCUT2D eigenvalue weighted by molar-refractivity contribution is 5.89. The summed E-state index contributed by atoms with van der Waals surface area (Å²) < 4.78 is 5.61. The fourth-order valence-electron chi connectivity index (χ4n) is 3.94. The molecule has 0 spiro atoms. The Hall–Kier alpha value is -2.43. The molecule has 0 bridgehead atoms. The number of ketones is 2. The van der Waals surface area contributed by atoms with Gasteiger partial charge in [-0.15, -0.1) is 0 Å². The monoisotopic (exact) mass is 413 g/mol. The molecule has 0 aromatic heterocycles. The van der Waals surface area contributed by atoms with Gasteiger partial charge in [-0.1, -0.05) is 56.2 Å². The molecule has 1 fully saturated rings. The Morgan fingerprint density at radius 1 is 1.07 bits per heavy atom. The Morgan fingerprint density at radius 3 is 2.53 bits per heavy atom. The van der Waals surface area contributed by atoms with E-state index in [4.69, 9.17) is 4.74 Å². The smallest absolute Gasteiger partial charge is 0.410 e. The lowest BCUT2D eigenvalue weighted by Gasteiger charge is -2.28. The molecule has 1 aliphatic heterocycles. The first kappa shape index (κ1) is 23.8. The van der Waals surface area contributed by atoms with E-state index < -0.39 is 0 Å². The highest BCUT2D eigenvalue weighted by Gasteiger charge is 2.36. The van der Waals surface area contributed by atoms with Gasteiger partial charge >= 0.3 is 6.09 Å². The molecule has 1 amide bonds. The van der Waals surface area contributed by atoms with Gasteiger partial charge in [-0.3, -0.25) is 9.69 Å². The molecule has 1 aromatic rings. The number of allylic oxidation sites excluding steroid dienone is 1. The number of ether oxygens (including phenoxy) is 1. The third kappa shape index (κ3) is 8.13. The van der Waals surface area contributed by atoms with Crippen LogP contribution in [0.15, 0.2) is 42.5 Å². The van der Waals surface area contributed by atoms with Crippen molar-refractivity contribution in [3.63, 3.8) is 0 Å². The van der Waals surface area contributed by atoms with Crippen LogP contribution in [0, 0.1) is 0 Å². The molecular formula is C25H35NO4. The molecule has 0 unspecified atom stereocenters. The predicted molar refractivity (Wildman–Crippen MR) is 118 cm³/mol. The van der Waals surface area contributed by atoms with Crippen molar-refractivity contribution in [1.82, 2.24) is 4.90 Å². The normalized spacial score (nSPS) is 18.7. The van der Waals surface area contributed by atoms with Crippen LogP contribution in [0.5, 0.6) is 0 Å². The molecular weight excluding hydrogens is 378 g/mol. The van der Waals surface area contributed by atoms with Crippen molar-refractivity contribution in [3.05, 3.63) is 48.0 Å². The largest absolute Gasteiger partial charge is 0.445 e. The molecule has 0 aliphatic carbocycles. The molecule has 1 aromatic carbocycles. The zero-order chi connectivity index (χ0) is 21.8. The Kier molecular flexibility index (Phi) is 10.3. The van der Waals surface area contributed by atoms with E-state index in [1.807, 2.05) is 48.2 Å². The first-order chi connectivity index (χ1) is 14.5. The first-order valence-electron chi connectivity index (χ1n) is 11.2. The van der Waals surface area contributed by atoms with E-state index in [0.29, 0.717) is 12.8 Å². The number of likely N-dealkylation sites (tertiary alicyclic amines) is 1. The molecule has 0 radical (unpaired) electrons. The third-order valence-corrected chi connectivity index (χ3v) is 5.53. The molecule has 164 valence electrons. The summed E-state index contributed by atoms with van der Waals surface area (Å²) in [6.45, 7) is 3.85. The SMILES string of the molecule is CCCC(=O)/C=C/[C@@H]1CC[C@@H](CCCCCC(C)=O)N1C(=O)OCc1ccccc1. The van der Waals surface area contributed by atoms with E-state index in [-0.39, 0.29) is 36.4 Å².